The normalized spacial score (nSPS) is 21.0. The van der Waals surface area contributed by atoms with Crippen molar-refractivity contribution >= 4 is 5.97 Å². The lowest BCUT2D eigenvalue weighted by molar-refractivity contribution is -0.305. The number of carbonyl (C=O) groups is 1. The minimum atomic E-state index is -1.54. The summed E-state index contributed by atoms with van der Waals surface area (Å²) in [5, 5.41) is 40.1. The van der Waals surface area contributed by atoms with E-state index in [1.165, 1.54) is 64.2 Å². The maximum absolute atomic E-state index is 12.8. The van der Waals surface area contributed by atoms with Gasteiger partial charge in [-0.25, -0.2) is 0 Å². The topological polar surface area (TPSA) is 135 Å². The van der Waals surface area contributed by atoms with E-state index in [4.69, 9.17) is 18.9 Å². The summed E-state index contributed by atoms with van der Waals surface area (Å²) in [6.45, 7) is 4.40. The Bertz CT molecular complexity index is 1110. The van der Waals surface area contributed by atoms with Gasteiger partial charge in [-0.05, 0) is 64.2 Å². The van der Waals surface area contributed by atoms with Crippen LogP contribution in [0.15, 0.2) is 72.9 Å². The highest BCUT2D eigenvalue weighted by atomic mass is 16.7. The molecule has 1 rings (SSSR count). The van der Waals surface area contributed by atoms with Gasteiger partial charge in [0.05, 0.1) is 19.8 Å². The minimum Gasteiger partial charge on any atom is -0.457 e. The molecule has 4 N–H and O–H groups in total. The van der Waals surface area contributed by atoms with E-state index in [2.05, 4.69) is 86.8 Å². The van der Waals surface area contributed by atoms with Crippen molar-refractivity contribution in [3.8, 4) is 0 Å². The number of esters is 1. The quantitative estimate of drug-likeness (QED) is 0.0273. The van der Waals surface area contributed by atoms with Gasteiger partial charge in [0.1, 0.15) is 30.5 Å². The first kappa shape index (κ1) is 53.6. The maximum Gasteiger partial charge on any atom is 0.306 e. The number of carbonyl (C=O) groups excluding carboxylic acids is 1. The summed E-state index contributed by atoms with van der Waals surface area (Å²) >= 11 is 0. The van der Waals surface area contributed by atoms with E-state index >= 15 is 0 Å². The molecular weight excluding hydrogens is 733 g/mol. The Kier molecular flexibility index (Phi) is 37.1. The summed E-state index contributed by atoms with van der Waals surface area (Å²) < 4.78 is 22.8. The third-order valence-corrected chi connectivity index (χ3v) is 10.1. The Balaban J connectivity index is 2.27. The minimum absolute atomic E-state index is 0.126. The van der Waals surface area contributed by atoms with Gasteiger partial charge in [-0.3, -0.25) is 4.79 Å². The Morgan fingerprint density at radius 2 is 1.05 bits per heavy atom. The van der Waals surface area contributed by atoms with Gasteiger partial charge >= 0.3 is 5.97 Å². The smallest absolute Gasteiger partial charge is 0.306 e. The van der Waals surface area contributed by atoms with Crippen molar-refractivity contribution in [2.75, 3.05) is 26.4 Å². The summed E-state index contributed by atoms with van der Waals surface area (Å²) in [7, 11) is 0. The Morgan fingerprint density at radius 3 is 1.59 bits per heavy atom. The highest BCUT2D eigenvalue weighted by Gasteiger charge is 2.44. The molecule has 0 radical (unpaired) electrons. The molecule has 0 saturated carbocycles. The number of aliphatic hydroxyl groups excluding tert-OH is 4. The van der Waals surface area contributed by atoms with E-state index in [0.29, 0.717) is 6.61 Å². The Labute approximate surface area is 353 Å². The monoisotopic (exact) mass is 817 g/mol. The third-order valence-electron chi connectivity index (χ3n) is 10.1. The van der Waals surface area contributed by atoms with Crippen molar-refractivity contribution in [3.05, 3.63) is 72.9 Å². The Morgan fingerprint density at radius 1 is 0.569 bits per heavy atom. The van der Waals surface area contributed by atoms with Crippen LogP contribution in [-0.4, -0.2) is 89.6 Å². The molecule has 1 fully saturated rings. The second kappa shape index (κ2) is 40.1. The maximum atomic E-state index is 12.8. The van der Waals surface area contributed by atoms with Crippen LogP contribution in [0.5, 0.6) is 0 Å². The third kappa shape index (κ3) is 30.6. The zero-order chi connectivity index (χ0) is 42.2. The molecule has 1 aliphatic heterocycles. The molecular formula is C49H84O9. The number of rotatable bonds is 38. The zero-order valence-electron chi connectivity index (χ0n) is 36.5. The van der Waals surface area contributed by atoms with E-state index in [9.17, 15) is 25.2 Å². The van der Waals surface area contributed by atoms with Gasteiger partial charge in [0, 0.05) is 13.0 Å². The predicted octanol–water partition coefficient (Wildman–Crippen LogP) is 10.5. The molecule has 6 unspecified atom stereocenters. The highest BCUT2D eigenvalue weighted by Crippen LogP contribution is 2.22. The highest BCUT2D eigenvalue weighted by molar-refractivity contribution is 5.69. The van der Waals surface area contributed by atoms with Crippen LogP contribution >= 0.6 is 0 Å². The molecule has 6 atom stereocenters. The van der Waals surface area contributed by atoms with E-state index < -0.39 is 43.4 Å². The second-order valence-corrected chi connectivity index (χ2v) is 15.5. The van der Waals surface area contributed by atoms with Gasteiger partial charge in [0.2, 0.25) is 0 Å². The predicted molar refractivity (Wildman–Crippen MR) is 237 cm³/mol. The fourth-order valence-electron chi connectivity index (χ4n) is 6.55. The SMILES string of the molecule is CC/C=C\C/C=C\C/C=C\C/C=C\C/C=C\C/C=C\CCCCCCC(=O)OC(COCCCCCCCCCCCCCC)COC1OC(CO)C(O)C(O)C1O. The van der Waals surface area contributed by atoms with Crippen LogP contribution in [0.2, 0.25) is 0 Å². The average Bonchev–Trinajstić information content (AvgIpc) is 3.22. The Hall–Kier alpha value is -2.37. The molecule has 0 aromatic carbocycles. The van der Waals surface area contributed by atoms with E-state index in [-0.39, 0.29) is 25.6 Å². The van der Waals surface area contributed by atoms with Crippen molar-refractivity contribution in [2.24, 2.45) is 0 Å². The van der Waals surface area contributed by atoms with Gasteiger partial charge in [-0.15, -0.1) is 0 Å². The molecule has 1 heterocycles. The van der Waals surface area contributed by atoms with Crippen LogP contribution in [0, 0.1) is 0 Å². The van der Waals surface area contributed by atoms with Crippen LogP contribution in [0.25, 0.3) is 0 Å². The second-order valence-electron chi connectivity index (χ2n) is 15.5. The number of unbranched alkanes of at least 4 members (excludes halogenated alkanes) is 15. The number of ether oxygens (including phenoxy) is 4. The summed E-state index contributed by atoms with van der Waals surface area (Å²) in [4.78, 5) is 12.8. The lowest BCUT2D eigenvalue weighted by Crippen LogP contribution is -2.59. The molecule has 334 valence electrons. The largest absolute Gasteiger partial charge is 0.457 e. The molecule has 0 aromatic rings. The van der Waals surface area contributed by atoms with Gasteiger partial charge in [0.15, 0.2) is 6.29 Å². The standard InChI is InChI=1S/C49H84O9/c1-3-5-7-9-11-13-15-17-18-19-20-21-22-23-24-25-26-27-28-30-32-34-36-38-45(51)57-43(42-56-49-48(54)47(53)46(52)44(40-50)58-49)41-55-39-37-35-33-31-29-16-14-12-10-8-6-4-2/h5,7,11,13,17-18,20-21,23-24,26-27,43-44,46-50,52-54H,3-4,6,8-10,12,14-16,19,22,25,28-42H2,1-2H3/b7-5-,13-11-,18-17-,21-20-,24-23-,27-26-. The van der Waals surface area contributed by atoms with Crippen molar-refractivity contribution in [2.45, 2.75) is 205 Å². The molecule has 0 spiro atoms. The lowest BCUT2D eigenvalue weighted by atomic mass is 9.99. The fraction of sp³-hybridized carbons (Fsp3) is 0.735. The van der Waals surface area contributed by atoms with E-state index in [1.54, 1.807) is 0 Å². The molecule has 1 aliphatic rings. The number of aliphatic hydroxyl groups is 4. The van der Waals surface area contributed by atoms with Crippen molar-refractivity contribution in [1.29, 1.82) is 0 Å². The van der Waals surface area contributed by atoms with Crippen molar-refractivity contribution in [1.82, 2.24) is 0 Å². The van der Waals surface area contributed by atoms with Crippen LogP contribution in [0.3, 0.4) is 0 Å². The van der Waals surface area contributed by atoms with Gasteiger partial charge in [-0.1, -0.05) is 170 Å². The molecule has 0 aliphatic carbocycles. The van der Waals surface area contributed by atoms with E-state index in [0.717, 1.165) is 83.5 Å². The van der Waals surface area contributed by atoms with Crippen molar-refractivity contribution in [3.63, 3.8) is 0 Å². The number of hydrogen-bond acceptors (Lipinski definition) is 9. The van der Waals surface area contributed by atoms with Crippen LogP contribution in [-0.2, 0) is 23.7 Å². The van der Waals surface area contributed by atoms with E-state index in [1.807, 2.05) is 0 Å². The van der Waals surface area contributed by atoms with Gasteiger partial charge < -0.3 is 39.4 Å². The van der Waals surface area contributed by atoms with Crippen LogP contribution in [0.1, 0.15) is 168 Å². The molecule has 0 aromatic heterocycles. The molecule has 58 heavy (non-hydrogen) atoms. The fourth-order valence-corrected chi connectivity index (χ4v) is 6.55. The van der Waals surface area contributed by atoms with Crippen LogP contribution in [0.4, 0.5) is 0 Å². The summed E-state index contributed by atoms with van der Waals surface area (Å²) in [6, 6.07) is 0. The first-order valence-corrected chi connectivity index (χ1v) is 23.0. The summed E-state index contributed by atoms with van der Waals surface area (Å²) in [5.41, 5.74) is 0. The molecule has 0 amide bonds. The first-order valence-electron chi connectivity index (χ1n) is 23.0. The summed E-state index contributed by atoms with van der Waals surface area (Å²) in [6.07, 6.45) is 45.0. The molecule has 0 bridgehead atoms. The van der Waals surface area contributed by atoms with Crippen LogP contribution < -0.4 is 0 Å². The molecule has 9 heteroatoms. The lowest BCUT2D eigenvalue weighted by Gasteiger charge is -2.39. The zero-order valence-corrected chi connectivity index (χ0v) is 36.5. The van der Waals surface area contributed by atoms with Gasteiger partial charge in [-0.2, -0.15) is 0 Å². The average molecular weight is 817 g/mol. The number of hydrogen-bond donors (Lipinski definition) is 4. The van der Waals surface area contributed by atoms with Gasteiger partial charge in [0.25, 0.3) is 0 Å². The van der Waals surface area contributed by atoms with Crippen molar-refractivity contribution < 1.29 is 44.2 Å². The molecule has 9 nitrogen and oxygen atoms in total. The first-order chi connectivity index (χ1) is 28.4. The molecule has 1 saturated heterocycles. The number of allylic oxidation sites excluding steroid dienone is 12. The summed E-state index contributed by atoms with van der Waals surface area (Å²) in [5.74, 6) is -0.340.